The van der Waals surface area contributed by atoms with Crippen LogP contribution in [0.25, 0.3) is 11.1 Å². The number of primary amides is 1. The van der Waals surface area contributed by atoms with Crippen molar-refractivity contribution in [3.63, 3.8) is 0 Å². The molecular weight excluding hydrogens is 484 g/mol. The van der Waals surface area contributed by atoms with E-state index < -0.39 is 39.8 Å². The van der Waals surface area contributed by atoms with Gasteiger partial charge in [-0.1, -0.05) is 36.4 Å². The minimum absolute atomic E-state index is 0.0209. The smallest absolute Gasteiger partial charge is 0.407 e. The van der Waals surface area contributed by atoms with Crippen LogP contribution >= 0.6 is 0 Å². The van der Waals surface area contributed by atoms with Gasteiger partial charge in [-0.3, -0.25) is 14.5 Å². The van der Waals surface area contributed by atoms with Gasteiger partial charge in [-0.05, 0) is 47.6 Å². The van der Waals surface area contributed by atoms with Crippen LogP contribution < -0.4 is 11.1 Å². The van der Waals surface area contributed by atoms with Crippen LogP contribution in [0.5, 0.6) is 0 Å². The highest BCUT2D eigenvalue weighted by Crippen LogP contribution is 2.26. The summed E-state index contributed by atoms with van der Waals surface area (Å²) < 4.78 is 24.4. The second kappa shape index (κ2) is 11.2. The van der Waals surface area contributed by atoms with Crippen LogP contribution in [-0.2, 0) is 32.3 Å². The predicted molar refractivity (Wildman–Crippen MR) is 132 cm³/mol. The SMILES string of the molecule is CS(=O)(=O)c1cc(-c2ccc(C[C@H](NC(=O)C3CCCCN3C(=O)O)C(N)=O)cc2)ccc1CC#N. The molecule has 0 radical (unpaired) electrons. The minimum Gasteiger partial charge on any atom is -0.465 e. The molecule has 0 bridgehead atoms. The van der Waals surface area contributed by atoms with E-state index in [0.29, 0.717) is 36.0 Å². The molecule has 1 aliphatic heterocycles. The van der Waals surface area contributed by atoms with E-state index >= 15 is 0 Å². The first-order chi connectivity index (χ1) is 17.0. The third-order valence-corrected chi connectivity index (χ3v) is 7.35. The second-order valence-corrected chi connectivity index (χ2v) is 10.8. The van der Waals surface area contributed by atoms with Crippen LogP contribution in [0.1, 0.15) is 30.4 Å². The molecule has 36 heavy (non-hydrogen) atoms. The van der Waals surface area contributed by atoms with Gasteiger partial charge in [0.15, 0.2) is 9.84 Å². The molecule has 2 aromatic rings. The number of benzene rings is 2. The zero-order valence-electron chi connectivity index (χ0n) is 19.8. The Morgan fingerprint density at radius 3 is 2.42 bits per heavy atom. The molecule has 190 valence electrons. The van der Waals surface area contributed by atoms with E-state index in [2.05, 4.69) is 5.32 Å². The highest BCUT2D eigenvalue weighted by Gasteiger charge is 2.33. The molecule has 3 amide bonds. The molecule has 1 fully saturated rings. The first-order valence-electron chi connectivity index (χ1n) is 11.4. The summed E-state index contributed by atoms with van der Waals surface area (Å²) in [5, 5.41) is 20.9. The summed E-state index contributed by atoms with van der Waals surface area (Å²) in [5.41, 5.74) is 8.02. The number of nitrogens with two attached hydrogens (primary N) is 1. The lowest BCUT2D eigenvalue weighted by Crippen LogP contribution is -2.56. The fourth-order valence-electron chi connectivity index (χ4n) is 4.30. The quantitative estimate of drug-likeness (QED) is 0.484. The number of carbonyl (C=O) groups is 3. The lowest BCUT2D eigenvalue weighted by molar-refractivity contribution is -0.131. The number of piperidine rings is 1. The Bertz CT molecular complexity index is 1300. The topological polar surface area (TPSA) is 171 Å². The number of carboxylic acid groups (broad SMARTS) is 1. The van der Waals surface area contributed by atoms with Crippen molar-refractivity contribution in [2.24, 2.45) is 5.73 Å². The molecule has 1 saturated heterocycles. The van der Waals surface area contributed by atoms with Crippen LogP contribution in [0, 0.1) is 11.3 Å². The number of rotatable bonds is 8. The molecule has 11 heteroatoms. The molecule has 0 aliphatic carbocycles. The van der Waals surface area contributed by atoms with Crippen LogP contribution in [0.2, 0.25) is 0 Å². The fraction of sp³-hybridized carbons (Fsp3) is 0.360. The fourth-order valence-corrected chi connectivity index (χ4v) is 5.26. The number of nitrogens with zero attached hydrogens (tertiary/aromatic N) is 2. The summed E-state index contributed by atoms with van der Waals surface area (Å²) in [5.74, 6) is -1.29. The van der Waals surface area contributed by atoms with E-state index in [1.807, 2.05) is 6.07 Å². The van der Waals surface area contributed by atoms with E-state index in [4.69, 9.17) is 11.0 Å². The number of carbonyl (C=O) groups excluding carboxylic acids is 2. The molecule has 1 heterocycles. The summed E-state index contributed by atoms with van der Waals surface area (Å²) in [6, 6.07) is 12.0. The first-order valence-corrected chi connectivity index (χ1v) is 13.3. The summed E-state index contributed by atoms with van der Waals surface area (Å²) in [4.78, 5) is 37.4. The van der Waals surface area contributed by atoms with Crippen molar-refractivity contribution in [3.8, 4) is 17.2 Å². The number of nitriles is 1. The Morgan fingerprint density at radius 1 is 1.17 bits per heavy atom. The average molecular weight is 513 g/mol. The predicted octanol–water partition coefficient (Wildman–Crippen LogP) is 1.87. The summed E-state index contributed by atoms with van der Waals surface area (Å²) in [6.07, 6.45) is 1.76. The van der Waals surface area contributed by atoms with E-state index in [9.17, 15) is 27.9 Å². The Hall–Kier alpha value is -3.91. The lowest BCUT2D eigenvalue weighted by atomic mass is 9.98. The molecule has 1 unspecified atom stereocenters. The van der Waals surface area contributed by atoms with Crippen LogP contribution in [0.4, 0.5) is 4.79 Å². The van der Waals surface area contributed by atoms with Gasteiger partial charge in [-0.15, -0.1) is 0 Å². The number of likely N-dealkylation sites (tertiary alicyclic amines) is 1. The van der Waals surface area contributed by atoms with Gasteiger partial charge in [0.05, 0.1) is 17.4 Å². The maximum atomic E-state index is 12.8. The molecule has 1 aliphatic rings. The standard InChI is InChI=1S/C25H28N4O6S/c1-36(34,35)22-15-19(10-9-18(22)11-12-26)17-7-5-16(6-8-17)14-20(23(27)30)28-24(31)21-4-2-3-13-29(21)25(32)33/h5-10,15,20-21H,2-4,11,13-14H2,1H3,(H2,27,30)(H,28,31)(H,32,33)/t20-,21?/m0/s1. The van der Waals surface area contributed by atoms with Crippen LogP contribution in [0.3, 0.4) is 0 Å². The molecule has 2 atom stereocenters. The van der Waals surface area contributed by atoms with Crippen molar-refractivity contribution in [1.82, 2.24) is 10.2 Å². The summed E-state index contributed by atoms with van der Waals surface area (Å²) >= 11 is 0. The number of hydrogen-bond donors (Lipinski definition) is 3. The van der Waals surface area contributed by atoms with E-state index in [-0.39, 0.29) is 24.3 Å². The third-order valence-electron chi connectivity index (χ3n) is 6.17. The Balaban J connectivity index is 1.77. The first kappa shape index (κ1) is 26.7. The zero-order valence-corrected chi connectivity index (χ0v) is 20.6. The van der Waals surface area contributed by atoms with Gasteiger partial charge >= 0.3 is 6.09 Å². The normalized spacial score (nSPS) is 16.6. The van der Waals surface area contributed by atoms with Gasteiger partial charge in [-0.2, -0.15) is 5.26 Å². The lowest BCUT2D eigenvalue weighted by Gasteiger charge is -2.33. The number of hydrogen-bond acceptors (Lipinski definition) is 6. The molecule has 3 rings (SSSR count). The van der Waals surface area contributed by atoms with Crippen molar-refractivity contribution in [1.29, 1.82) is 5.26 Å². The Morgan fingerprint density at radius 2 is 1.83 bits per heavy atom. The number of nitrogens with one attached hydrogen (secondary N) is 1. The Kier molecular flexibility index (Phi) is 8.32. The largest absolute Gasteiger partial charge is 0.465 e. The molecule has 4 N–H and O–H groups in total. The highest BCUT2D eigenvalue weighted by molar-refractivity contribution is 7.90. The summed E-state index contributed by atoms with van der Waals surface area (Å²) in [6.45, 7) is 0.259. The monoisotopic (exact) mass is 512 g/mol. The van der Waals surface area contributed by atoms with Gasteiger partial charge in [0.1, 0.15) is 12.1 Å². The number of sulfone groups is 1. The number of amides is 3. The van der Waals surface area contributed by atoms with Gasteiger partial charge in [0.2, 0.25) is 11.8 Å². The van der Waals surface area contributed by atoms with Crippen molar-refractivity contribution in [2.45, 2.75) is 49.1 Å². The van der Waals surface area contributed by atoms with Crippen molar-refractivity contribution < 1.29 is 27.9 Å². The Labute approximate surface area is 209 Å². The molecular formula is C25H28N4O6S. The van der Waals surface area contributed by atoms with Gasteiger partial charge < -0.3 is 16.2 Å². The minimum atomic E-state index is -3.53. The van der Waals surface area contributed by atoms with Crippen molar-refractivity contribution >= 4 is 27.7 Å². The van der Waals surface area contributed by atoms with Crippen LogP contribution in [0.15, 0.2) is 47.4 Å². The van der Waals surface area contributed by atoms with Gasteiger partial charge in [-0.25, -0.2) is 13.2 Å². The zero-order chi connectivity index (χ0) is 26.5. The third kappa shape index (κ3) is 6.40. The van der Waals surface area contributed by atoms with Gasteiger partial charge in [0, 0.05) is 19.2 Å². The molecule has 2 aromatic carbocycles. The highest BCUT2D eigenvalue weighted by atomic mass is 32.2. The van der Waals surface area contributed by atoms with Crippen molar-refractivity contribution in [3.05, 3.63) is 53.6 Å². The molecule has 0 saturated carbocycles. The van der Waals surface area contributed by atoms with E-state index in [1.54, 1.807) is 36.4 Å². The molecule has 0 spiro atoms. The second-order valence-electron chi connectivity index (χ2n) is 8.78. The van der Waals surface area contributed by atoms with Crippen molar-refractivity contribution in [2.75, 3.05) is 12.8 Å². The molecule has 0 aromatic heterocycles. The summed E-state index contributed by atoms with van der Waals surface area (Å²) in [7, 11) is -3.53. The maximum absolute atomic E-state index is 12.8. The van der Waals surface area contributed by atoms with Crippen LogP contribution in [-0.4, -0.2) is 61.2 Å². The molecule has 10 nitrogen and oxygen atoms in total. The average Bonchev–Trinajstić information content (AvgIpc) is 2.83. The maximum Gasteiger partial charge on any atom is 0.407 e. The van der Waals surface area contributed by atoms with E-state index in [0.717, 1.165) is 16.7 Å². The van der Waals surface area contributed by atoms with E-state index in [1.165, 1.54) is 6.07 Å². The van der Waals surface area contributed by atoms with Gasteiger partial charge in [0.25, 0.3) is 0 Å².